The van der Waals surface area contributed by atoms with Gasteiger partial charge in [0.2, 0.25) is 18.6 Å². The first kappa shape index (κ1) is 23.6. The standard InChI is InChI=1S/C33H23N3O5/c37-30(19-14-15-25-26(16-19)41-18-40-25)35-34-17-33-23-12-6-4-10-21(23)27(22-11-5-7-13-24(22)33)28-29(33)32(39)36(31(28)38)20-8-2-1-3-9-20/h1-17,27-29H,18H2,(H,35,37)/b34-17+/t27?,28-,29-,33?/m0/s1. The van der Waals surface area contributed by atoms with Gasteiger partial charge < -0.3 is 9.47 Å². The van der Waals surface area contributed by atoms with Crippen molar-refractivity contribution >= 4 is 29.6 Å². The minimum absolute atomic E-state index is 0.107. The van der Waals surface area contributed by atoms with Crippen LogP contribution in [0.3, 0.4) is 0 Å². The molecule has 0 spiro atoms. The van der Waals surface area contributed by atoms with Crippen molar-refractivity contribution in [2.24, 2.45) is 16.9 Å². The van der Waals surface area contributed by atoms with Crippen LogP contribution in [0, 0.1) is 11.8 Å². The van der Waals surface area contributed by atoms with Crippen LogP contribution in [0.15, 0.2) is 102 Å². The molecular formula is C33H23N3O5. The van der Waals surface area contributed by atoms with Gasteiger partial charge in [0, 0.05) is 17.7 Å². The molecule has 1 fully saturated rings. The summed E-state index contributed by atoms with van der Waals surface area (Å²) in [4.78, 5) is 42.9. The summed E-state index contributed by atoms with van der Waals surface area (Å²) in [7, 11) is 0. The van der Waals surface area contributed by atoms with Crippen molar-refractivity contribution in [3.05, 3.63) is 125 Å². The van der Waals surface area contributed by atoms with E-state index in [1.165, 1.54) is 4.90 Å². The quantitative estimate of drug-likeness (QED) is 0.235. The van der Waals surface area contributed by atoms with Crippen LogP contribution in [0.25, 0.3) is 0 Å². The Labute approximate surface area is 235 Å². The number of rotatable bonds is 4. The predicted octanol–water partition coefficient (Wildman–Crippen LogP) is 4.38. The van der Waals surface area contributed by atoms with Crippen molar-refractivity contribution in [2.75, 3.05) is 11.7 Å². The molecule has 8 heteroatoms. The fourth-order valence-corrected chi connectivity index (χ4v) is 7.18. The van der Waals surface area contributed by atoms with Crippen LogP contribution < -0.4 is 19.8 Å². The van der Waals surface area contributed by atoms with Crippen molar-refractivity contribution in [3.8, 4) is 11.5 Å². The van der Waals surface area contributed by atoms with Crippen LogP contribution in [0.4, 0.5) is 5.69 Å². The van der Waals surface area contributed by atoms with Gasteiger partial charge in [-0.3, -0.25) is 14.4 Å². The summed E-state index contributed by atoms with van der Waals surface area (Å²) in [6.07, 6.45) is 1.66. The van der Waals surface area contributed by atoms with Gasteiger partial charge in [-0.2, -0.15) is 5.10 Å². The average molecular weight is 542 g/mol. The number of amides is 3. The van der Waals surface area contributed by atoms with Crippen molar-refractivity contribution in [3.63, 3.8) is 0 Å². The minimum Gasteiger partial charge on any atom is -0.454 e. The molecule has 0 radical (unpaired) electrons. The molecule has 0 saturated carbocycles. The van der Waals surface area contributed by atoms with Crippen molar-refractivity contribution < 1.29 is 23.9 Å². The van der Waals surface area contributed by atoms with Crippen LogP contribution in [0.1, 0.15) is 38.5 Å². The number of hydrogen-bond acceptors (Lipinski definition) is 6. The number of nitrogens with one attached hydrogen (secondary N) is 1. The molecule has 200 valence electrons. The lowest BCUT2D eigenvalue weighted by Gasteiger charge is -2.52. The van der Waals surface area contributed by atoms with Gasteiger partial charge in [0.05, 0.1) is 22.9 Å². The van der Waals surface area contributed by atoms with Crippen molar-refractivity contribution in [1.29, 1.82) is 0 Å². The third-order valence-corrected chi connectivity index (χ3v) is 8.77. The van der Waals surface area contributed by atoms with E-state index in [-0.39, 0.29) is 24.5 Å². The van der Waals surface area contributed by atoms with E-state index >= 15 is 0 Å². The number of hydrogen-bond donors (Lipinski definition) is 1. The van der Waals surface area contributed by atoms with Crippen molar-refractivity contribution in [1.82, 2.24) is 5.43 Å². The van der Waals surface area contributed by atoms with E-state index in [1.807, 2.05) is 66.7 Å². The van der Waals surface area contributed by atoms with E-state index in [2.05, 4.69) is 10.5 Å². The van der Waals surface area contributed by atoms with Gasteiger partial charge in [0.25, 0.3) is 5.91 Å². The largest absolute Gasteiger partial charge is 0.454 e. The molecule has 2 aliphatic heterocycles. The van der Waals surface area contributed by atoms with Gasteiger partial charge in [-0.25, -0.2) is 10.3 Å². The molecule has 0 aromatic heterocycles. The van der Waals surface area contributed by atoms with Crippen LogP contribution in [-0.4, -0.2) is 30.7 Å². The smallest absolute Gasteiger partial charge is 0.271 e. The second-order valence-corrected chi connectivity index (χ2v) is 10.6. The second-order valence-electron chi connectivity index (χ2n) is 10.6. The highest BCUT2D eigenvalue weighted by molar-refractivity contribution is 6.25. The van der Waals surface area contributed by atoms with Crippen molar-refractivity contribution in [2.45, 2.75) is 11.3 Å². The maximum atomic E-state index is 14.3. The van der Waals surface area contributed by atoms with Gasteiger partial charge in [0.1, 0.15) is 0 Å². The molecule has 2 bridgehead atoms. The van der Waals surface area contributed by atoms with E-state index < -0.39 is 23.2 Å². The molecule has 4 aromatic rings. The summed E-state index contributed by atoms with van der Waals surface area (Å²) in [6, 6.07) is 29.8. The third kappa shape index (κ3) is 3.15. The zero-order chi connectivity index (χ0) is 27.7. The summed E-state index contributed by atoms with van der Waals surface area (Å²) in [5.74, 6) is -1.45. The number of imide groups is 1. The second kappa shape index (κ2) is 8.63. The highest BCUT2D eigenvalue weighted by Crippen LogP contribution is 2.63. The summed E-state index contributed by atoms with van der Waals surface area (Å²) < 4.78 is 10.8. The molecule has 3 aliphatic carbocycles. The zero-order valence-electron chi connectivity index (χ0n) is 21.7. The molecule has 1 N–H and O–H groups in total. The number of carbonyl (C=O) groups is 3. The van der Waals surface area contributed by atoms with Gasteiger partial charge >= 0.3 is 0 Å². The Balaban J connectivity index is 1.27. The summed E-state index contributed by atoms with van der Waals surface area (Å²) >= 11 is 0. The summed E-state index contributed by atoms with van der Waals surface area (Å²) in [6.45, 7) is 0.107. The fourth-order valence-electron chi connectivity index (χ4n) is 7.18. The van der Waals surface area contributed by atoms with Crippen LogP contribution in [0.2, 0.25) is 0 Å². The highest BCUT2D eigenvalue weighted by atomic mass is 16.7. The lowest BCUT2D eigenvalue weighted by Crippen LogP contribution is -2.54. The third-order valence-electron chi connectivity index (χ3n) is 8.77. The Morgan fingerprint density at radius 2 is 1.49 bits per heavy atom. The number of benzene rings is 4. The topological polar surface area (TPSA) is 97.3 Å². The fraction of sp³-hybridized carbons (Fsp3) is 0.152. The molecule has 9 rings (SSSR count). The number of para-hydroxylation sites is 1. The molecule has 41 heavy (non-hydrogen) atoms. The molecule has 8 nitrogen and oxygen atoms in total. The number of anilines is 1. The first-order chi connectivity index (χ1) is 20.1. The first-order valence-electron chi connectivity index (χ1n) is 13.5. The number of hydrazone groups is 1. The Kier molecular flexibility index (Phi) is 4.97. The molecule has 5 aliphatic rings. The maximum absolute atomic E-state index is 14.3. The minimum atomic E-state index is -1.06. The average Bonchev–Trinajstić information content (AvgIpc) is 3.59. The maximum Gasteiger partial charge on any atom is 0.271 e. The lowest BCUT2D eigenvalue weighted by molar-refractivity contribution is -0.122. The normalized spacial score (nSPS) is 24.8. The van der Waals surface area contributed by atoms with Gasteiger partial charge in [-0.05, 0) is 52.6 Å². The van der Waals surface area contributed by atoms with Crippen LogP contribution in [-0.2, 0) is 15.0 Å². The van der Waals surface area contributed by atoms with Crippen LogP contribution in [0.5, 0.6) is 11.5 Å². The SMILES string of the molecule is O=C(N/N=C/C12c3ccccc3C(c3ccccc31)[C@@H]1C(=O)N(c3ccccc3)C(=O)[C@H]12)c1ccc2c(c1)OCO2. The molecule has 0 unspecified atom stereocenters. The Bertz CT molecular complexity index is 1750. The molecule has 4 aromatic carbocycles. The Hall–Kier alpha value is -5.24. The highest BCUT2D eigenvalue weighted by Gasteiger charge is 2.68. The summed E-state index contributed by atoms with van der Waals surface area (Å²) in [5.41, 5.74) is 6.32. The molecule has 3 amide bonds. The number of ether oxygens (including phenoxy) is 2. The van der Waals surface area contributed by atoms with E-state index in [1.54, 1.807) is 36.5 Å². The first-order valence-corrected chi connectivity index (χ1v) is 13.5. The van der Waals surface area contributed by atoms with E-state index in [0.717, 1.165) is 22.3 Å². The number of fused-ring (bicyclic) bond motifs is 1. The molecule has 2 heterocycles. The van der Waals surface area contributed by atoms with Gasteiger partial charge in [-0.15, -0.1) is 0 Å². The predicted molar refractivity (Wildman–Crippen MR) is 150 cm³/mol. The number of nitrogens with zero attached hydrogens (tertiary/aromatic N) is 2. The molecular weight excluding hydrogens is 518 g/mol. The van der Waals surface area contributed by atoms with E-state index in [4.69, 9.17) is 9.47 Å². The molecule has 2 atom stereocenters. The zero-order valence-corrected chi connectivity index (χ0v) is 21.7. The van der Waals surface area contributed by atoms with E-state index in [9.17, 15) is 14.4 Å². The Morgan fingerprint density at radius 3 is 2.22 bits per heavy atom. The van der Waals surface area contributed by atoms with Gasteiger partial charge in [-0.1, -0.05) is 66.7 Å². The number of carbonyl (C=O) groups excluding carboxylic acids is 3. The molecule has 1 saturated heterocycles. The van der Waals surface area contributed by atoms with Crippen LogP contribution >= 0.6 is 0 Å². The monoisotopic (exact) mass is 541 g/mol. The lowest BCUT2D eigenvalue weighted by atomic mass is 9.47. The van der Waals surface area contributed by atoms with Gasteiger partial charge in [0.15, 0.2) is 11.5 Å². The Morgan fingerprint density at radius 1 is 0.829 bits per heavy atom. The van der Waals surface area contributed by atoms with E-state index in [0.29, 0.717) is 22.7 Å². The summed E-state index contributed by atoms with van der Waals surface area (Å²) in [5, 5.41) is 4.47.